The van der Waals surface area contributed by atoms with Crippen molar-refractivity contribution in [3.05, 3.63) is 29.0 Å². The molecule has 1 aliphatic heterocycles. The first-order chi connectivity index (χ1) is 14.9. The minimum atomic E-state index is 0.00181. The van der Waals surface area contributed by atoms with E-state index in [9.17, 15) is 4.79 Å². The van der Waals surface area contributed by atoms with Gasteiger partial charge in [-0.05, 0) is 64.2 Å². The minimum absolute atomic E-state index is 0.00181. The number of aromatic nitrogens is 3. The molecule has 1 aromatic heterocycles. The van der Waals surface area contributed by atoms with Crippen molar-refractivity contribution in [1.29, 1.82) is 0 Å². The molecule has 9 heteroatoms. The third-order valence-corrected chi connectivity index (χ3v) is 5.72. The van der Waals surface area contributed by atoms with E-state index in [1.54, 1.807) is 0 Å². The van der Waals surface area contributed by atoms with E-state index < -0.39 is 0 Å². The highest BCUT2D eigenvalue weighted by Crippen LogP contribution is 2.21. The lowest BCUT2D eigenvalue weighted by atomic mass is 10.1. The summed E-state index contributed by atoms with van der Waals surface area (Å²) in [5.74, 6) is 1.52. The molecule has 3 unspecified atom stereocenters. The van der Waals surface area contributed by atoms with Crippen LogP contribution in [-0.4, -0.2) is 70.1 Å². The molecule has 1 aliphatic rings. The molecule has 3 rings (SSSR count). The third kappa shape index (κ3) is 6.38. The van der Waals surface area contributed by atoms with E-state index in [1.165, 1.54) is 0 Å². The molecule has 2 heterocycles. The summed E-state index contributed by atoms with van der Waals surface area (Å²) in [5, 5.41) is 10.2. The van der Waals surface area contributed by atoms with Gasteiger partial charge in [-0.15, -0.1) is 0 Å². The Hall–Kier alpha value is -2.23. The smallest absolute Gasteiger partial charge is 0.221 e. The summed E-state index contributed by atoms with van der Waals surface area (Å²) < 4.78 is 13.6. The molecule has 1 fully saturated rings. The summed E-state index contributed by atoms with van der Waals surface area (Å²) in [6, 6.07) is 7.95. The summed E-state index contributed by atoms with van der Waals surface area (Å²) >= 11 is 5.38. The Morgan fingerprint density at radius 3 is 2.65 bits per heavy atom. The maximum atomic E-state index is 12.5. The molecule has 1 saturated heterocycles. The van der Waals surface area contributed by atoms with Gasteiger partial charge in [0.25, 0.3) is 0 Å². The molecular formula is C22H33N5O3S. The zero-order valence-corrected chi connectivity index (χ0v) is 19.6. The zero-order chi connectivity index (χ0) is 22.4. The molecule has 2 N–H and O–H groups in total. The minimum Gasteiger partial charge on any atom is -0.494 e. The molecule has 0 aliphatic carbocycles. The van der Waals surface area contributed by atoms with Gasteiger partial charge < -0.3 is 14.8 Å². The number of nitrogens with zero attached hydrogens (tertiary/aromatic N) is 3. The fraction of sp³-hybridized carbons (Fsp3) is 0.591. The lowest BCUT2D eigenvalue weighted by molar-refractivity contribution is -0.121. The van der Waals surface area contributed by atoms with Gasteiger partial charge in [-0.1, -0.05) is 0 Å². The second-order valence-electron chi connectivity index (χ2n) is 8.08. The Kier molecular flexibility index (Phi) is 8.22. The monoisotopic (exact) mass is 447 g/mol. The van der Waals surface area contributed by atoms with Crippen LogP contribution in [0.15, 0.2) is 24.3 Å². The molecule has 0 radical (unpaired) electrons. The lowest BCUT2D eigenvalue weighted by Crippen LogP contribution is -2.52. The van der Waals surface area contributed by atoms with Crippen LogP contribution in [0.25, 0.3) is 11.4 Å². The lowest BCUT2D eigenvalue weighted by Gasteiger charge is -2.39. The number of amides is 1. The van der Waals surface area contributed by atoms with Crippen molar-refractivity contribution in [1.82, 2.24) is 25.0 Å². The van der Waals surface area contributed by atoms with Crippen LogP contribution >= 0.6 is 12.2 Å². The van der Waals surface area contributed by atoms with Gasteiger partial charge in [-0.3, -0.25) is 19.4 Å². The number of aromatic amines is 1. The van der Waals surface area contributed by atoms with E-state index in [0.29, 0.717) is 36.7 Å². The van der Waals surface area contributed by atoms with E-state index in [4.69, 9.17) is 21.7 Å². The first-order valence-electron chi connectivity index (χ1n) is 10.9. The van der Waals surface area contributed by atoms with Gasteiger partial charge in [-0.2, -0.15) is 5.10 Å². The average molecular weight is 448 g/mol. The Labute approximate surface area is 188 Å². The number of carbonyl (C=O) groups excluding carboxylic acids is 1. The average Bonchev–Trinajstić information content (AvgIpc) is 3.11. The van der Waals surface area contributed by atoms with Crippen LogP contribution in [0.2, 0.25) is 0 Å². The van der Waals surface area contributed by atoms with Gasteiger partial charge in [0, 0.05) is 44.2 Å². The topological polar surface area (TPSA) is 84.4 Å². The van der Waals surface area contributed by atoms with Crippen molar-refractivity contribution < 1.29 is 14.3 Å². The van der Waals surface area contributed by atoms with Crippen LogP contribution < -0.4 is 10.1 Å². The van der Waals surface area contributed by atoms with Gasteiger partial charge in [0.1, 0.15) is 5.75 Å². The molecule has 8 nitrogen and oxygen atoms in total. The molecule has 1 amide bonds. The largest absolute Gasteiger partial charge is 0.494 e. The highest BCUT2D eigenvalue weighted by atomic mass is 32.1. The van der Waals surface area contributed by atoms with Crippen molar-refractivity contribution in [3.8, 4) is 17.1 Å². The molecule has 170 valence electrons. The Balaban J connectivity index is 1.53. The SMILES string of the molecule is CCOc1ccc(-c2n[nH]c(=S)n2CCC(=O)NCC(C)N2CC(C)OC(C)C2)cc1. The van der Waals surface area contributed by atoms with Crippen molar-refractivity contribution in [2.45, 2.75) is 58.9 Å². The number of ether oxygens (including phenoxy) is 2. The third-order valence-electron chi connectivity index (χ3n) is 5.41. The zero-order valence-electron chi connectivity index (χ0n) is 18.8. The fourth-order valence-electron chi connectivity index (χ4n) is 3.88. The van der Waals surface area contributed by atoms with E-state index >= 15 is 0 Å². The van der Waals surface area contributed by atoms with Crippen LogP contribution in [0.3, 0.4) is 0 Å². The highest BCUT2D eigenvalue weighted by molar-refractivity contribution is 7.71. The van der Waals surface area contributed by atoms with E-state index in [1.807, 2.05) is 35.8 Å². The van der Waals surface area contributed by atoms with Crippen molar-refractivity contribution in [2.75, 3.05) is 26.2 Å². The van der Waals surface area contributed by atoms with E-state index in [0.717, 1.165) is 24.4 Å². The summed E-state index contributed by atoms with van der Waals surface area (Å²) in [4.78, 5) is 14.9. The van der Waals surface area contributed by atoms with Gasteiger partial charge in [-0.25, -0.2) is 0 Å². The standard InChI is InChI=1S/C22H33N5O3S/c1-5-29-19-8-6-18(7-9-19)21-24-25-22(31)27(21)11-10-20(28)23-12-15(2)26-13-16(3)30-17(4)14-26/h6-9,15-17H,5,10-14H2,1-4H3,(H,23,28)(H,25,31). The number of nitrogens with one attached hydrogen (secondary N) is 2. The Morgan fingerprint density at radius 1 is 1.32 bits per heavy atom. The molecule has 0 saturated carbocycles. The molecule has 0 spiro atoms. The predicted molar refractivity (Wildman–Crippen MR) is 123 cm³/mol. The summed E-state index contributed by atoms with van der Waals surface area (Å²) in [6.45, 7) is 11.7. The number of morpholine rings is 1. The van der Waals surface area contributed by atoms with Crippen LogP contribution in [0, 0.1) is 4.77 Å². The van der Waals surface area contributed by atoms with Crippen molar-refractivity contribution >= 4 is 18.1 Å². The number of hydrogen-bond donors (Lipinski definition) is 2. The highest BCUT2D eigenvalue weighted by Gasteiger charge is 2.25. The summed E-state index contributed by atoms with van der Waals surface area (Å²) in [5.41, 5.74) is 0.917. The molecular weight excluding hydrogens is 414 g/mol. The van der Waals surface area contributed by atoms with Gasteiger partial charge in [0.05, 0.1) is 18.8 Å². The number of H-pyrrole nitrogens is 1. The van der Waals surface area contributed by atoms with Gasteiger partial charge >= 0.3 is 0 Å². The molecule has 0 bridgehead atoms. The molecule has 1 aromatic carbocycles. The first-order valence-corrected chi connectivity index (χ1v) is 11.3. The maximum absolute atomic E-state index is 12.5. The summed E-state index contributed by atoms with van der Waals surface area (Å²) in [6.07, 6.45) is 0.761. The van der Waals surface area contributed by atoms with Crippen LogP contribution in [0.4, 0.5) is 0 Å². The number of rotatable bonds is 9. The van der Waals surface area contributed by atoms with Crippen LogP contribution in [-0.2, 0) is 16.1 Å². The second kappa shape index (κ2) is 10.9. The van der Waals surface area contributed by atoms with Crippen LogP contribution in [0.5, 0.6) is 5.75 Å². The van der Waals surface area contributed by atoms with Gasteiger partial charge in [0.15, 0.2) is 10.6 Å². The van der Waals surface area contributed by atoms with E-state index in [2.05, 4.69) is 41.2 Å². The van der Waals surface area contributed by atoms with Gasteiger partial charge in [0.2, 0.25) is 5.91 Å². The Bertz CT molecular complexity index is 901. The molecule has 3 atom stereocenters. The fourth-order valence-corrected chi connectivity index (χ4v) is 4.11. The van der Waals surface area contributed by atoms with E-state index in [-0.39, 0.29) is 24.2 Å². The number of benzene rings is 1. The molecule has 31 heavy (non-hydrogen) atoms. The maximum Gasteiger partial charge on any atom is 0.221 e. The quantitative estimate of drug-likeness (QED) is 0.575. The predicted octanol–water partition coefficient (Wildman–Crippen LogP) is 3.01. The normalized spacial score (nSPS) is 20.4. The summed E-state index contributed by atoms with van der Waals surface area (Å²) in [7, 11) is 0. The second-order valence-corrected chi connectivity index (χ2v) is 8.46. The first kappa shape index (κ1) is 23.4. The Morgan fingerprint density at radius 2 is 2.00 bits per heavy atom. The van der Waals surface area contributed by atoms with Crippen LogP contribution in [0.1, 0.15) is 34.1 Å². The number of hydrogen-bond acceptors (Lipinski definition) is 6. The van der Waals surface area contributed by atoms with Crippen molar-refractivity contribution in [2.24, 2.45) is 0 Å². The van der Waals surface area contributed by atoms with Crippen molar-refractivity contribution in [3.63, 3.8) is 0 Å². The molecule has 2 aromatic rings. The number of carbonyl (C=O) groups is 1.